The zero-order valence-corrected chi connectivity index (χ0v) is 12.4. The molecule has 1 amide bonds. The highest BCUT2D eigenvalue weighted by Crippen LogP contribution is 2.14. The van der Waals surface area contributed by atoms with E-state index in [9.17, 15) is 4.79 Å². The number of hydrogen-bond donors (Lipinski definition) is 2. The van der Waals surface area contributed by atoms with Crippen LogP contribution in [0.25, 0.3) is 0 Å². The standard InChI is InChI=1S/C15H28N2O3/c18-15(5-4-13-6-8-16-11-13)17-7-2-9-19-12-14-3-1-10-20-14/h13-14,16H,1-12H2,(H,17,18). The molecule has 2 N–H and O–H groups in total. The van der Waals surface area contributed by atoms with Crippen LogP contribution in [0.3, 0.4) is 0 Å². The average molecular weight is 284 g/mol. The predicted octanol–water partition coefficient (Wildman–Crippen LogP) is 1.08. The molecule has 0 aromatic heterocycles. The Labute approximate surface area is 121 Å². The van der Waals surface area contributed by atoms with Crippen LogP contribution in [0.2, 0.25) is 0 Å². The third-order valence-corrected chi connectivity index (χ3v) is 4.06. The molecule has 2 aliphatic rings. The maximum Gasteiger partial charge on any atom is 0.220 e. The molecule has 2 aliphatic heterocycles. The Bertz CT molecular complexity index is 274. The summed E-state index contributed by atoms with van der Waals surface area (Å²) in [4.78, 5) is 11.6. The van der Waals surface area contributed by atoms with Crippen molar-refractivity contribution in [3.63, 3.8) is 0 Å². The molecule has 5 heteroatoms. The van der Waals surface area contributed by atoms with E-state index in [1.807, 2.05) is 0 Å². The molecule has 0 aliphatic carbocycles. The Balaban J connectivity index is 1.37. The molecule has 116 valence electrons. The van der Waals surface area contributed by atoms with Gasteiger partial charge in [0.1, 0.15) is 0 Å². The third-order valence-electron chi connectivity index (χ3n) is 4.06. The van der Waals surface area contributed by atoms with Gasteiger partial charge in [0.15, 0.2) is 0 Å². The van der Waals surface area contributed by atoms with Crippen LogP contribution in [0.4, 0.5) is 0 Å². The number of carbonyl (C=O) groups excluding carboxylic acids is 1. The highest BCUT2D eigenvalue weighted by atomic mass is 16.5. The summed E-state index contributed by atoms with van der Waals surface area (Å²) in [6.07, 6.45) is 6.32. The highest BCUT2D eigenvalue weighted by Gasteiger charge is 2.16. The monoisotopic (exact) mass is 284 g/mol. The van der Waals surface area contributed by atoms with Gasteiger partial charge in [-0.05, 0) is 51.1 Å². The Morgan fingerprint density at radius 3 is 3.10 bits per heavy atom. The summed E-state index contributed by atoms with van der Waals surface area (Å²) >= 11 is 0. The lowest BCUT2D eigenvalue weighted by atomic mass is 10.0. The van der Waals surface area contributed by atoms with E-state index in [1.165, 1.54) is 6.42 Å². The molecule has 2 heterocycles. The van der Waals surface area contributed by atoms with Gasteiger partial charge in [-0.15, -0.1) is 0 Å². The van der Waals surface area contributed by atoms with Gasteiger partial charge >= 0.3 is 0 Å². The fourth-order valence-electron chi connectivity index (χ4n) is 2.78. The third kappa shape index (κ3) is 6.20. The van der Waals surface area contributed by atoms with Crippen molar-refractivity contribution in [1.82, 2.24) is 10.6 Å². The molecule has 2 atom stereocenters. The molecule has 2 fully saturated rings. The maximum atomic E-state index is 11.6. The number of amides is 1. The topological polar surface area (TPSA) is 59.6 Å². The van der Waals surface area contributed by atoms with Crippen molar-refractivity contribution in [1.29, 1.82) is 0 Å². The summed E-state index contributed by atoms with van der Waals surface area (Å²) in [5, 5.41) is 6.29. The quantitative estimate of drug-likeness (QED) is 0.622. The van der Waals surface area contributed by atoms with Crippen LogP contribution in [0.1, 0.15) is 38.5 Å². The van der Waals surface area contributed by atoms with Crippen LogP contribution in [0.15, 0.2) is 0 Å². The van der Waals surface area contributed by atoms with Crippen molar-refractivity contribution in [2.45, 2.75) is 44.6 Å². The molecular formula is C15H28N2O3. The first kappa shape index (κ1) is 15.7. The fourth-order valence-corrected chi connectivity index (χ4v) is 2.78. The van der Waals surface area contributed by atoms with Crippen LogP contribution in [0, 0.1) is 5.92 Å². The summed E-state index contributed by atoms with van der Waals surface area (Å²) in [5.41, 5.74) is 0. The van der Waals surface area contributed by atoms with Crippen molar-refractivity contribution in [3.8, 4) is 0 Å². The van der Waals surface area contributed by atoms with E-state index in [0.717, 1.165) is 45.4 Å². The van der Waals surface area contributed by atoms with Gasteiger partial charge in [-0.2, -0.15) is 0 Å². The number of carbonyl (C=O) groups is 1. The molecule has 0 aromatic rings. The minimum absolute atomic E-state index is 0.177. The van der Waals surface area contributed by atoms with Crippen molar-refractivity contribution < 1.29 is 14.3 Å². The first-order valence-corrected chi connectivity index (χ1v) is 8.01. The van der Waals surface area contributed by atoms with Gasteiger partial charge in [-0.1, -0.05) is 0 Å². The van der Waals surface area contributed by atoms with Crippen molar-refractivity contribution in [2.24, 2.45) is 5.92 Å². The largest absolute Gasteiger partial charge is 0.379 e. The second-order valence-electron chi connectivity index (χ2n) is 5.81. The van der Waals surface area contributed by atoms with Crippen molar-refractivity contribution >= 4 is 5.91 Å². The fraction of sp³-hybridized carbons (Fsp3) is 0.933. The zero-order valence-electron chi connectivity index (χ0n) is 12.4. The van der Waals surface area contributed by atoms with Crippen LogP contribution in [-0.2, 0) is 14.3 Å². The van der Waals surface area contributed by atoms with Crippen LogP contribution >= 0.6 is 0 Å². The Kier molecular flexibility index (Phi) is 7.33. The lowest BCUT2D eigenvalue weighted by Crippen LogP contribution is -2.26. The Hall–Kier alpha value is -0.650. The van der Waals surface area contributed by atoms with Gasteiger partial charge < -0.3 is 20.1 Å². The summed E-state index contributed by atoms with van der Waals surface area (Å²) in [6.45, 7) is 5.17. The van der Waals surface area contributed by atoms with Crippen LogP contribution in [-0.4, -0.2) is 51.5 Å². The van der Waals surface area contributed by atoms with Crippen molar-refractivity contribution in [2.75, 3.05) is 39.5 Å². The molecule has 2 unspecified atom stereocenters. The normalized spacial score (nSPS) is 26.0. The van der Waals surface area contributed by atoms with Gasteiger partial charge in [0.25, 0.3) is 0 Å². The van der Waals surface area contributed by atoms with E-state index < -0.39 is 0 Å². The van der Waals surface area contributed by atoms with Crippen LogP contribution < -0.4 is 10.6 Å². The maximum absolute atomic E-state index is 11.6. The SMILES string of the molecule is O=C(CCC1CCNC1)NCCCOCC1CCCO1. The van der Waals surface area contributed by atoms with Crippen molar-refractivity contribution in [3.05, 3.63) is 0 Å². The van der Waals surface area contributed by atoms with Gasteiger partial charge in [0.2, 0.25) is 5.91 Å². The van der Waals surface area contributed by atoms with E-state index in [1.54, 1.807) is 0 Å². The molecule has 0 saturated carbocycles. The summed E-state index contributed by atoms with van der Waals surface area (Å²) < 4.78 is 11.0. The van der Waals surface area contributed by atoms with E-state index in [2.05, 4.69) is 10.6 Å². The smallest absolute Gasteiger partial charge is 0.220 e. The minimum atomic E-state index is 0.177. The first-order valence-electron chi connectivity index (χ1n) is 8.01. The molecule has 5 nitrogen and oxygen atoms in total. The number of nitrogens with one attached hydrogen (secondary N) is 2. The van der Waals surface area contributed by atoms with E-state index in [4.69, 9.17) is 9.47 Å². The lowest BCUT2D eigenvalue weighted by molar-refractivity contribution is -0.121. The molecule has 0 spiro atoms. The molecule has 2 rings (SSSR count). The molecule has 2 saturated heterocycles. The number of hydrogen-bond acceptors (Lipinski definition) is 4. The molecule has 0 radical (unpaired) electrons. The summed E-state index contributed by atoms with van der Waals surface area (Å²) in [5.74, 6) is 0.867. The van der Waals surface area contributed by atoms with E-state index >= 15 is 0 Å². The molecular weight excluding hydrogens is 256 g/mol. The van der Waals surface area contributed by atoms with Crippen LogP contribution in [0.5, 0.6) is 0 Å². The first-order chi connectivity index (χ1) is 9.84. The molecule has 0 aromatic carbocycles. The van der Waals surface area contributed by atoms with Gasteiger partial charge in [0, 0.05) is 26.2 Å². The van der Waals surface area contributed by atoms with Gasteiger partial charge in [0.05, 0.1) is 12.7 Å². The van der Waals surface area contributed by atoms with E-state index in [-0.39, 0.29) is 5.91 Å². The Morgan fingerprint density at radius 1 is 1.40 bits per heavy atom. The Morgan fingerprint density at radius 2 is 2.35 bits per heavy atom. The molecule has 20 heavy (non-hydrogen) atoms. The number of ether oxygens (including phenoxy) is 2. The number of rotatable bonds is 9. The van der Waals surface area contributed by atoms with Gasteiger partial charge in [-0.25, -0.2) is 0 Å². The lowest BCUT2D eigenvalue weighted by Gasteiger charge is -2.11. The second-order valence-corrected chi connectivity index (χ2v) is 5.81. The van der Waals surface area contributed by atoms with E-state index in [0.29, 0.717) is 38.2 Å². The zero-order chi connectivity index (χ0) is 14.0. The summed E-state index contributed by atoms with van der Waals surface area (Å²) in [6, 6.07) is 0. The molecule has 0 bridgehead atoms. The second kappa shape index (κ2) is 9.32. The van der Waals surface area contributed by atoms with Gasteiger partial charge in [-0.3, -0.25) is 4.79 Å². The predicted molar refractivity (Wildman–Crippen MR) is 77.6 cm³/mol. The minimum Gasteiger partial charge on any atom is -0.379 e. The summed E-state index contributed by atoms with van der Waals surface area (Å²) in [7, 11) is 0. The highest BCUT2D eigenvalue weighted by molar-refractivity contribution is 5.75. The average Bonchev–Trinajstić information content (AvgIpc) is 3.13.